The molecule has 0 bridgehead atoms. The second-order valence-corrected chi connectivity index (χ2v) is 7.12. The molecule has 0 fully saturated rings. The molecule has 5 nitrogen and oxygen atoms in total. The van der Waals surface area contributed by atoms with Crippen molar-refractivity contribution in [2.24, 2.45) is 0 Å². The number of hydrogen-bond donors (Lipinski definition) is 0. The maximum Gasteiger partial charge on any atom is 0.396 e. The molecule has 1 heterocycles. The zero-order valence-corrected chi connectivity index (χ0v) is 12.7. The van der Waals surface area contributed by atoms with Crippen LogP contribution in [0.1, 0.15) is 0 Å². The molecule has 8 heteroatoms. The Bertz CT molecular complexity index is 958. The molecule has 0 radical (unpaired) electrons. The molecule has 0 aliphatic carbocycles. The predicted molar refractivity (Wildman–Crippen MR) is 82.0 cm³/mol. The standard InChI is InChI=1S/C13H7ClNO4S2/c14-8-1-4-10(5-2-8)21(17,18)15-9-3-6-11-12(7-9)20-13(16)19-11/h1-7H/q-1. The summed E-state index contributed by atoms with van der Waals surface area (Å²) in [6.45, 7) is 0. The largest absolute Gasteiger partial charge is 0.573 e. The van der Waals surface area contributed by atoms with Crippen molar-refractivity contribution in [3.8, 4) is 0 Å². The van der Waals surface area contributed by atoms with E-state index in [2.05, 4.69) is 4.72 Å². The zero-order chi connectivity index (χ0) is 15.0. The van der Waals surface area contributed by atoms with Crippen molar-refractivity contribution in [1.29, 1.82) is 0 Å². The lowest BCUT2D eigenvalue weighted by atomic mass is 10.3. The first-order chi connectivity index (χ1) is 9.94. The van der Waals surface area contributed by atoms with Crippen molar-refractivity contribution in [2.45, 2.75) is 4.90 Å². The van der Waals surface area contributed by atoms with Gasteiger partial charge in [0.15, 0.2) is 0 Å². The van der Waals surface area contributed by atoms with E-state index in [1.54, 1.807) is 0 Å². The fourth-order valence-corrected chi connectivity index (χ4v) is 3.52. The summed E-state index contributed by atoms with van der Waals surface area (Å²) in [5.74, 6) is 0. The average Bonchev–Trinajstić information content (AvgIpc) is 2.78. The number of benzene rings is 2. The molecule has 0 unspecified atom stereocenters. The number of halogens is 1. The monoisotopic (exact) mass is 340 g/mol. The van der Waals surface area contributed by atoms with Gasteiger partial charge in [-0.15, -0.1) is 5.69 Å². The van der Waals surface area contributed by atoms with Crippen LogP contribution < -0.4 is 4.94 Å². The number of nitrogens with zero attached hydrogens (tertiary/aromatic N) is 1. The van der Waals surface area contributed by atoms with Gasteiger partial charge >= 0.3 is 4.94 Å². The molecule has 0 aliphatic heterocycles. The predicted octanol–water partition coefficient (Wildman–Crippen LogP) is 3.90. The van der Waals surface area contributed by atoms with Crippen molar-refractivity contribution in [3.63, 3.8) is 0 Å². The van der Waals surface area contributed by atoms with Crippen LogP contribution in [-0.4, -0.2) is 8.42 Å². The van der Waals surface area contributed by atoms with Crippen molar-refractivity contribution in [2.75, 3.05) is 0 Å². The van der Waals surface area contributed by atoms with Gasteiger partial charge in [-0.25, -0.2) is 13.2 Å². The fourth-order valence-electron chi connectivity index (χ4n) is 1.72. The zero-order valence-electron chi connectivity index (χ0n) is 10.3. The SMILES string of the molecule is O=c1oc2ccc([N-]S(=O)(=O)c3ccc(Cl)cc3)cc2s1. The summed E-state index contributed by atoms with van der Waals surface area (Å²) in [7, 11) is -3.83. The lowest BCUT2D eigenvalue weighted by Gasteiger charge is -2.21. The molecule has 0 spiro atoms. The van der Waals surface area contributed by atoms with E-state index in [1.807, 2.05) is 0 Å². The Morgan fingerprint density at radius 2 is 1.81 bits per heavy atom. The van der Waals surface area contributed by atoms with Crippen LogP contribution in [0.5, 0.6) is 0 Å². The van der Waals surface area contributed by atoms with Crippen LogP contribution in [0.2, 0.25) is 5.02 Å². The van der Waals surface area contributed by atoms with Crippen molar-refractivity contribution in [3.05, 3.63) is 61.9 Å². The highest BCUT2D eigenvalue weighted by atomic mass is 35.5. The Morgan fingerprint density at radius 3 is 2.52 bits per heavy atom. The van der Waals surface area contributed by atoms with E-state index in [-0.39, 0.29) is 10.6 Å². The summed E-state index contributed by atoms with van der Waals surface area (Å²) in [4.78, 5) is 10.7. The van der Waals surface area contributed by atoms with E-state index >= 15 is 0 Å². The van der Waals surface area contributed by atoms with Gasteiger partial charge in [0.25, 0.3) is 0 Å². The summed E-state index contributed by atoms with van der Waals surface area (Å²) in [6, 6.07) is 10.2. The normalized spacial score (nSPS) is 11.7. The highest BCUT2D eigenvalue weighted by Gasteiger charge is 2.06. The van der Waals surface area contributed by atoms with Crippen LogP contribution in [0, 0.1) is 0 Å². The first-order valence-corrected chi connectivity index (χ1v) is 8.35. The van der Waals surface area contributed by atoms with Crippen LogP contribution in [0.3, 0.4) is 0 Å². The minimum absolute atomic E-state index is 0.0485. The number of hydrogen-bond acceptors (Lipinski definition) is 5. The van der Waals surface area contributed by atoms with Crippen molar-refractivity contribution in [1.82, 2.24) is 0 Å². The Morgan fingerprint density at radius 1 is 1.10 bits per heavy atom. The smallest absolute Gasteiger partial charge is 0.396 e. The minimum atomic E-state index is -3.83. The summed E-state index contributed by atoms with van der Waals surface area (Å²) in [5.41, 5.74) is 0.641. The highest BCUT2D eigenvalue weighted by molar-refractivity contribution is 7.94. The summed E-state index contributed by atoms with van der Waals surface area (Å²) in [6.07, 6.45) is 0. The average molecular weight is 341 g/mol. The molecule has 3 aromatic rings. The van der Waals surface area contributed by atoms with Gasteiger partial charge in [-0.2, -0.15) is 0 Å². The third kappa shape index (κ3) is 2.94. The molecule has 3 rings (SSSR count). The summed E-state index contributed by atoms with van der Waals surface area (Å²) in [5, 5.41) is 0.443. The molecule has 2 aromatic carbocycles. The maximum absolute atomic E-state index is 12.2. The Labute approximate surface area is 128 Å². The van der Waals surface area contributed by atoms with Crippen molar-refractivity contribution < 1.29 is 12.8 Å². The number of rotatable bonds is 3. The lowest BCUT2D eigenvalue weighted by molar-refractivity contribution is 0.585. The summed E-state index contributed by atoms with van der Waals surface area (Å²) < 4.78 is 33.5. The third-order valence-electron chi connectivity index (χ3n) is 2.65. The Balaban J connectivity index is 1.96. The highest BCUT2D eigenvalue weighted by Crippen LogP contribution is 2.31. The van der Waals surface area contributed by atoms with Crippen molar-refractivity contribution >= 4 is 48.9 Å². The van der Waals surface area contributed by atoms with Crippen LogP contribution in [-0.2, 0) is 10.0 Å². The molecular formula is C13H7ClNO4S2-. The summed E-state index contributed by atoms with van der Waals surface area (Å²) >= 11 is 6.62. The van der Waals surface area contributed by atoms with Gasteiger partial charge in [0.05, 0.1) is 9.60 Å². The van der Waals surface area contributed by atoms with Gasteiger partial charge < -0.3 is 9.14 Å². The second-order valence-electron chi connectivity index (χ2n) is 4.11. The van der Waals surface area contributed by atoms with E-state index in [0.717, 1.165) is 11.3 Å². The number of sulfonamides is 1. The molecule has 0 saturated heterocycles. The van der Waals surface area contributed by atoms with Gasteiger partial charge in [-0.3, -0.25) is 0 Å². The topological polar surface area (TPSA) is 78.5 Å². The first-order valence-electron chi connectivity index (χ1n) is 5.71. The van der Waals surface area contributed by atoms with E-state index < -0.39 is 15.0 Å². The van der Waals surface area contributed by atoms with Gasteiger partial charge in [0.2, 0.25) is 0 Å². The second kappa shape index (κ2) is 5.18. The van der Waals surface area contributed by atoms with Crippen LogP contribution in [0.25, 0.3) is 15.0 Å². The molecule has 0 aliphatic rings. The van der Waals surface area contributed by atoms with Gasteiger partial charge in [-0.05, 0) is 30.3 Å². The Kier molecular flexibility index (Phi) is 3.48. The third-order valence-corrected chi connectivity index (χ3v) is 5.01. The lowest BCUT2D eigenvalue weighted by Crippen LogP contribution is -1.97. The molecule has 21 heavy (non-hydrogen) atoms. The maximum atomic E-state index is 12.2. The van der Waals surface area contributed by atoms with E-state index in [9.17, 15) is 13.2 Å². The molecule has 0 N–H and O–H groups in total. The first kappa shape index (κ1) is 14.1. The van der Waals surface area contributed by atoms with Crippen LogP contribution in [0.4, 0.5) is 5.69 Å². The molecule has 0 atom stereocenters. The molecule has 0 amide bonds. The van der Waals surface area contributed by atoms with Gasteiger partial charge in [-0.1, -0.05) is 35.1 Å². The number of fused-ring (bicyclic) bond motifs is 1. The molecule has 0 saturated carbocycles. The van der Waals surface area contributed by atoms with E-state index in [4.69, 9.17) is 16.0 Å². The minimum Gasteiger partial charge on any atom is -0.573 e. The fraction of sp³-hybridized carbons (Fsp3) is 0. The van der Waals surface area contributed by atoms with E-state index in [1.165, 1.54) is 42.5 Å². The van der Waals surface area contributed by atoms with Crippen LogP contribution in [0.15, 0.2) is 56.6 Å². The van der Waals surface area contributed by atoms with E-state index in [0.29, 0.717) is 15.3 Å². The molecule has 1 aromatic heterocycles. The van der Waals surface area contributed by atoms with Gasteiger partial charge in [0.1, 0.15) is 15.6 Å². The molecular weight excluding hydrogens is 334 g/mol. The van der Waals surface area contributed by atoms with Crippen LogP contribution >= 0.6 is 22.9 Å². The quantitative estimate of drug-likeness (QED) is 0.724. The Hall–Kier alpha value is -1.83. The van der Waals surface area contributed by atoms with Gasteiger partial charge in [0, 0.05) is 5.02 Å². The molecule has 108 valence electrons.